The molecule has 60 valence electrons. The van der Waals surface area contributed by atoms with Crippen molar-refractivity contribution in [2.75, 3.05) is 5.75 Å². The third-order valence-electron chi connectivity index (χ3n) is 1.76. The number of alkyl halides is 2. The molecular weight excluding hydrogens is 185 g/mol. The first-order valence-corrected chi connectivity index (χ1v) is 4.15. The summed E-state index contributed by atoms with van der Waals surface area (Å²) in [6, 6.07) is 0. The normalized spacial score (nSPS) is 22.5. The summed E-state index contributed by atoms with van der Waals surface area (Å²) in [6.45, 7) is 0. The predicted molar refractivity (Wildman–Crippen MR) is 31.5 cm³/mol. The molecular formula is C5H7F2NaO2S. The van der Waals surface area contributed by atoms with Crippen molar-refractivity contribution in [2.45, 2.75) is 19.3 Å². The maximum absolute atomic E-state index is 12.0. The van der Waals surface area contributed by atoms with E-state index in [2.05, 4.69) is 0 Å². The first-order valence-electron chi connectivity index (χ1n) is 2.91. The van der Waals surface area contributed by atoms with E-state index in [9.17, 15) is 17.5 Å². The minimum atomic E-state index is -2.48. The SMILES string of the molecule is O=S([O-])CC1(C(F)F)CC1.[Na+]. The Kier molecular flexibility index (Phi) is 4.65. The van der Waals surface area contributed by atoms with Gasteiger partial charge in [0.25, 0.3) is 0 Å². The Balaban J connectivity index is 0.000001000. The van der Waals surface area contributed by atoms with E-state index in [0.717, 1.165) is 0 Å². The van der Waals surface area contributed by atoms with Crippen molar-refractivity contribution in [3.05, 3.63) is 0 Å². The van der Waals surface area contributed by atoms with Crippen LogP contribution in [-0.4, -0.2) is 20.9 Å². The van der Waals surface area contributed by atoms with E-state index in [4.69, 9.17) is 0 Å². The third-order valence-corrected chi connectivity index (χ3v) is 2.57. The fourth-order valence-electron chi connectivity index (χ4n) is 0.821. The van der Waals surface area contributed by atoms with Gasteiger partial charge in [-0.15, -0.1) is 0 Å². The molecule has 0 aromatic rings. The molecule has 1 atom stereocenters. The largest absolute Gasteiger partial charge is 1.00 e. The molecule has 0 N–H and O–H groups in total. The van der Waals surface area contributed by atoms with Gasteiger partial charge >= 0.3 is 29.6 Å². The molecule has 0 heterocycles. The Morgan fingerprint density at radius 2 is 2.00 bits per heavy atom. The molecule has 6 heteroatoms. The molecule has 0 aliphatic heterocycles. The van der Waals surface area contributed by atoms with Crippen molar-refractivity contribution in [1.29, 1.82) is 0 Å². The van der Waals surface area contributed by atoms with Crippen LogP contribution < -0.4 is 29.6 Å². The average Bonchev–Trinajstić information content (AvgIpc) is 2.46. The predicted octanol–water partition coefficient (Wildman–Crippen LogP) is -2.09. The van der Waals surface area contributed by atoms with Gasteiger partial charge in [-0.1, -0.05) is 11.1 Å². The summed E-state index contributed by atoms with van der Waals surface area (Å²) < 4.78 is 44.0. The van der Waals surface area contributed by atoms with Gasteiger partial charge in [-0.25, -0.2) is 8.78 Å². The van der Waals surface area contributed by atoms with Crippen LogP contribution in [0.3, 0.4) is 0 Å². The maximum Gasteiger partial charge on any atom is 1.00 e. The average molecular weight is 192 g/mol. The van der Waals surface area contributed by atoms with Crippen LogP contribution in [0.5, 0.6) is 0 Å². The standard InChI is InChI=1S/C5H8F2O2S.Na/c6-4(7)5(1-2-5)3-10(8)9;/h4H,1-3H2,(H,8,9);/q;+1/p-1. The molecule has 1 aliphatic carbocycles. The van der Waals surface area contributed by atoms with E-state index in [1.54, 1.807) is 0 Å². The van der Waals surface area contributed by atoms with Crippen LogP contribution in [0, 0.1) is 5.41 Å². The summed E-state index contributed by atoms with van der Waals surface area (Å²) in [4.78, 5) is 0. The summed E-state index contributed by atoms with van der Waals surface area (Å²) in [6.07, 6.45) is -1.79. The van der Waals surface area contributed by atoms with E-state index < -0.39 is 22.9 Å². The quantitative estimate of drug-likeness (QED) is 0.380. The molecule has 1 aliphatic rings. The fourth-order valence-corrected chi connectivity index (χ4v) is 1.70. The third kappa shape index (κ3) is 3.06. The van der Waals surface area contributed by atoms with E-state index in [0.29, 0.717) is 12.8 Å². The van der Waals surface area contributed by atoms with Gasteiger partial charge in [0.15, 0.2) is 0 Å². The molecule has 11 heavy (non-hydrogen) atoms. The Hall–Kier alpha value is 0.970. The van der Waals surface area contributed by atoms with E-state index in [1.165, 1.54) is 0 Å². The van der Waals surface area contributed by atoms with Gasteiger partial charge in [0.05, 0.1) is 0 Å². The van der Waals surface area contributed by atoms with Crippen molar-refractivity contribution in [3.63, 3.8) is 0 Å². The summed E-state index contributed by atoms with van der Waals surface area (Å²) in [5, 5.41) is 0. The molecule has 1 saturated carbocycles. The maximum atomic E-state index is 12.0. The van der Waals surface area contributed by atoms with Crippen LogP contribution in [0.4, 0.5) is 8.78 Å². The molecule has 0 aromatic carbocycles. The second-order valence-electron chi connectivity index (χ2n) is 2.61. The van der Waals surface area contributed by atoms with Crippen molar-refractivity contribution in [3.8, 4) is 0 Å². The van der Waals surface area contributed by atoms with Crippen LogP contribution in [0.15, 0.2) is 0 Å². The van der Waals surface area contributed by atoms with Gasteiger partial charge in [-0.05, 0) is 12.8 Å². The van der Waals surface area contributed by atoms with Gasteiger partial charge in [0.2, 0.25) is 6.43 Å². The molecule has 0 radical (unpaired) electrons. The van der Waals surface area contributed by atoms with Gasteiger partial charge < -0.3 is 4.55 Å². The monoisotopic (exact) mass is 192 g/mol. The Labute approximate surface area is 88.3 Å². The van der Waals surface area contributed by atoms with E-state index >= 15 is 0 Å². The number of rotatable bonds is 3. The molecule has 1 unspecified atom stereocenters. The van der Waals surface area contributed by atoms with Crippen molar-refractivity contribution < 1.29 is 47.1 Å². The van der Waals surface area contributed by atoms with Crippen molar-refractivity contribution in [2.24, 2.45) is 5.41 Å². The van der Waals surface area contributed by atoms with Crippen molar-refractivity contribution >= 4 is 11.1 Å². The first kappa shape index (κ1) is 12.0. The van der Waals surface area contributed by atoms with Crippen LogP contribution in [0.25, 0.3) is 0 Å². The van der Waals surface area contributed by atoms with Gasteiger partial charge in [-0.3, -0.25) is 4.21 Å². The second kappa shape index (κ2) is 4.28. The van der Waals surface area contributed by atoms with Crippen LogP contribution in [0.2, 0.25) is 0 Å². The molecule has 0 amide bonds. The summed E-state index contributed by atoms with van der Waals surface area (Å²) >= 11 is -2.32. The minimum absolute atomic E-state index is 0. The molecule has 0 aromatic heterocycles. The molecule has 2 nitrogen and oxygen atoms in total. The Morgan fingerprint density at radius 1 is 1.55 bits per heavy atom. The van der Waals surface area contributed by atoms with Crippen LogP contribution in [-0.2, 0) is 11.1 Å². The van der Waals surface area contributed by atoms with Gasteiger partial charge in [0, 0.05) is 11.2 Å². The zero-order chi connectivity index (χ0) is 7.78. The summed E-state index contributed by atoms with van der Waals surface area (Å²) in [7, 11) is 0. The van der Waals surface area contributed by atoms with E-state index in [1.807, 2.05) is 0 Å². The number of hydrogen-bond donors (Lipinski definition) is 0. The topological polar surface area (TPSA) is 40.1 Å². The number of halogens is 2. The Bertz CT molecular complexity index is 161. The molecule has 0 spiro atoms. The summed E-state index contributed by atoms with van der Waals surface area (Å²) in [5.74, 6) is -0.384. The Morgan fingerprint density at radius 3 is 2.09 bits per heavy atom. The minimum Gasteiger partial charge on any atom is -0.772 e. The molecule has 1 fully saturated rings. The van der Waals surface area contributed by atoms with Gasteiger partial charge in [0.1, 0.15) is 0 Å². The molecule has 0 bridgehead atoms. The molecule has 1 rings (SSSR count). The van der Waals surface area contributed by atoms with Crippen molar-refractivity contribution in [1.82, 2.24) is 0 Å². The zero-order valence-electron chi connectivity index (χ0n) is 6.18. The summed E-state index contributed by atoms with van der Waals surface area (Å²) in [5.41, 5.74) is -1.17. The number of hydrogen-bond acceptors (Lipinski definition) is 2. The second-order valence-corrected chi connectivity index (χ2v) is 3.51. The van der Waals surface area contributed by atoms with E-state index in [-0.39, 0.29) is 35.3 Å². The fraction of sp³-hybridized carbons (Fsp3) is 1.00. The molecule has 0 saturated heterocycles. The zero-order valence-corrected chi connectivity index (χ0v) is 9.00. The first-order chi connectivity index (χ1) is 4.57. The smallest absolute Gasteiger partial charge is 0.772 e. The van der Waals surface area contributed by atoms with Gasteiger partial charge in [-0.2, -0.15) is 0 Å². The van der Waals surface area contributed by atoms with Crippen LogP contribution in [0.1, 0.15) is 12.8 Å². The van der Waals surface area contributed by atoms with Crippen LogP contribution >= 0.6 is 0 Å².